The lowest BCUT2D eigenvalue weighted by molar-refractivity contribution is 0.0974. The van der Waals surface area contributed by atoms with Crippen LogP contribution in [-0.4, -0.2) is 18.1 Å². The summed E-state index contributed by atoms with van der Waals surface area (Å²) in [5.41, 5.74) is 1.70. The molecule has 0 radical (unpaired) electrons. The minimum Gasteiger partial charge on any atom is -0.496 e. The Hall–Kier alpha value is -1.34. The molecule has 2 N–H and O–H groups in total. The summed E-state index contributed by atoms with van der Waals surface area (Å²) in [6, 6.07) is 8.61. The number of thiocarbonyl (C=S) groups is 1. The van der Waals surface area contributed by atoms with Gasteiger partial charge in [0.1, 0.15) is 5.75 Å². The number of nitrogens with one attached hydrogen (secondary N) is 2. The number of aryl methyl sites for hydroxylation is 1. The minimum atomic E-state index is -0.396. The van der Waals surface area contributed by atoms with Gasteiger partial charge >= 0.3 is 0 Å². The molecule has 0 heterocycles. The average Bonchev–Trinajstić information content (AvgIpc) is 2.51. The van der Waals surface area contributed by atoms with Crippen molar-refractivity contribution in [3.05, 3.63) is 56.0 Å². The largest absolute Gasteiger partial charge is 0.496 e. The molecule has 126 valence electrons. The molecule has 0 spiro atoms. The number of carbonyl (C=O) groups excluding carboxylic acids is 1. The Balaban J connectivity index is 2.18. The number of ether oxygens (including phenoxy) is 1. The Morgan fingerprint density at radius 1 is 1.29 bits per heavy atom. The van der Waals surface area contributed by atoms with Crippen LogP contribution in [0.2, 0.25) is 10.0 Å². The molecule has 1 amide bonds. The molecular weight excluding hydrogens is 435 g/mol. The number of hydrogen-bond donors (Lipinski definition) is 2. The van der Waals surface area contributed by atoms with Gasteiger partial charge in [-0.3, -0.25) is 10.1 Å². The van der Waals surface area contributed by atoms with E-state index in [1.54, 1.807) is 24.3 Å². The summed E-state index contributed by atoms with van der Waals surface area (Å²) in [7, 11) is 1.51. The molecule has 0 saturated carbocycles. The molecule has 4 nitrogen and oxygen atoms in total. The summed E-state index contributed by atoms with van der Waals surface area (Å²) >= 11 is 20.6. The predicted molar refractivity (Wildman–Crippen MR) is 106 cm³/mol. The van der Waals surface area contributed by atoms with Crippen LogP contribution < -0.4 is 15.4 Å². The van der Waals surface area contributed by atoms with E-state index in [4.69, 9.17) is 40.2 Å². The summed E-state index contributed by atoms with van der Waals surface area (Å²) < 4.78 is 6.07. The van der Waals surface area contributed by atoms with E-state index in [1.807, 2.05) is 13.0 Å². The second-order valence-corrected chi connectivity index (χ2v) is 6.92. The summed E-state index contributed by atoms with van der Waals surface area (Å²) in [6.07, 6.45) is 0. The second kappa shape index (κ2) is 8.16. The third-order valence-electron chi connectivity index (χ3n) is 3.12. The average molecular weight is 448 g/mol. The number of rotatable bonds is 3. The lowest BCUT2D eigenvalue weighted by Gasteiger charge is -2.14. The van der Waals surface area contributed by atoms with Crippen LogP contribution in [0.15, 0.2) is 34.8 Å². The van der Waals surface area contributed by atoms with E-state index >= 15 is 0 Å². The monoisotopic (exact) mass is 446 g/mol. The van der Waals surface area contributed by atoms with Crippen molar-refractivity contribution < 1.29 is 9.53 Å². The van der Waals surface area contributed by atoms with Gasteiger partial charge in [-0.1, -0.05) is 45.2 Å². The minimum absolute atomic E-state index is 0.101. The lowest BCUT2D eigenvalue weighted by atomic mass is 10.1. The lowest BCUT2D eigenvalue weighted by Crippen LogP contribution is -2.34. The fourth-order valence-corrected chi connectivity index (χ4v) is 3.22. The van der Waals surface area contributed by atoms with Crippen LogP contribution >= 0.6 is 51.3 Å². The first-order valence-electron chi connectivity index (χ1n) is 6.74. The van der Waals surface area contributed by atoms with Crippen molar-refractivity contribution in [2.45, 2.75) is 6.92 Å². The van der Waals surface area contributed by atoms with Gasteiger partial charge in [0.15, 0.2) is 5.11 Å². The van der Waals surface area contributed by atoms with Gasteiger partial charge in [0.05, 0.1) is 28.4 Å². The van der Waals surface area contributed by atoms with E-state index in [0.717, 1.165) is 10.0 Å². The molecule has 8 heteroatoms. The molecular formula is C16H13BrCl2N2O2S. The van der Waals surface area contributed by atoms with E-state index < -0.39 is 5.91 Å². The summed E-state index contributed by atoms with van der Waals surface area (Å²) in [4.78, 5) is 12.5. The van der Waals surface area contributed by atoms with Crippen LogP contribution in [0.4, 0.5) is 5.69 Å². The van der Waals surface area contributed by atoms with Gasteiger partial charge in [-0.2, -0.15) is 0 Å². The summed E-state index contributed by atoms with van der Waals surface area (Å²) in [5.74, 6) is 0.0891. The van der Waals surface area contributed by atoms with Gasteiger partial charge in [-0.15, -0.1) is 0 Å². The molecule has 2 aromatic carbocycles. The zero-order valence-corrected chi connectivity index (χ0v) is 16.7. The molecule has 0 aliphatic carbocycles. The predicted octanol–water partition coefficient (Wildman–Crippen LogP) is 5.20. The summed E-state index contributed by atoms with van der Waals surface area (Å²) in [6.45, 7) is 1.85. The van der Waals surface area contributed by atoms with Crippen molar-refractivity contribution in [1.82, 2.24) is 5.32 Å². The Morgan fingerprint density at radius 2 is 2.00 bits per heavy atom. The SMILES string of the molecule is COc1c(C)cc(Br)cc1C(=O)NC(=S)Nc1cccc(Cl)c1Cl. The molecule has 0 fully saturated rings. The fraction of sp³-hybridized carbons (Fsp3) is 0.125. The number of halogens is 3. The highest BCUT2D eigenvalue weighted by Gasteiger charge is 2.17. The van der Waals surface area contributed by atoms with Crippen LogP contribution in [0.5, 0.6) is 5.75 Å². The van der Waals surface area contributed by atoms with E-state index in [1.165, 1.54) is 7.11 Å². The zero-order valence-electron chi connectivity index (χ0n) is 12.7. The van der Waals surface area contributed by atoms with E-state index in [0.29, 0.717) is 27.0 Å². The molecule has 0 aliphatic heterocycles. The number of carbonyl (C=O) groups is 1. The third-order valence-corrected chi connectivity index (χ3v) is 4.60. The number of benzene rings is 2. The third kappa shape index (κ3) is 4.39. The van der Waals surface area contributed by atoms with Crippen LogP contribution in [0.3, 0.4) is 0 Å². The van der Waals surface area contributed by atoms with E-state index in [-0.39, 0.29) is 5.11 Å². The van der Waals surface area contributed by atoms with E-state index in [2.05, 4.69) is 26.6 Å². The Bertz CT molecular complexity index is 815. The molecule has 2 rings (SSSR count). The molecule has 0 saturated heterocycles. The summed E-state index contributed by atoms with van der Waals surface area (Å²) in [5, 5.41) is 6.26. The number of anilines is 1. The van der Waals surface area contributed by atoms with Crippen molar-refractivity contribution in [3.63, 3.8) is 0 Å². The van der Waals surface area contributed by atoms with Gasteiger partial charge in [0.25, 0.3) is 5.91 Å². The van der Waals surface area contributed by atoms with Gasteiger partial charge in [-0.05, 0) is 49.0 Å². The van der Waals surface area contributed by atoms with Gasteiger partial charge < -0.3 is 10.1 Å². The van der Waals surface area contributed by atoms with Crippen molar-refractivity contribution in [2.75, 3.05) is 12.4 Å². The molecule has 0 aromatic heterocycles. The Kier molecular flexibility index (Phi) is 6.46. The van der Waals surface area contributed by atoms with Gasteiger partial charge in [0.2, 0.25) is 0 Å². The molecule has 24 heavy (non-hydrogen) atoms. The van der Waals surface area contributed by atoms with Crippen molar-refractivity contribution in [1.29, 1.82) is 0 Å². The highest BCUT2D eigenvalue weighted by molar-refractivity contribution is 9.10. The quantitative estimate of drug-likeness (QED) is 0.635. The second-order valence-electron chi connectivity index (χ2n) is 4.81. The molecule has 2 aromatic rings. The normalized spacial score (nSPS) is 10.2. The first kappa shape index (κ1) is 19.0. The first-order valence-corrected chi connectivity index (χ1v) is 8.69. The van der Waals surface area contributed by atoms with Crippen LogP contribution in [0, 0.1) is 6.92 Å². The van der Waals surface area contributed by atoms with Crippen molar-refractivity contribution >= 4 is 68.1 Å². The van der Waals surface area contributed by atoms with Crippen molar-refractivity contribution in [3.8, 4) is 5.75 Å². The van der Waals surface area contributed by atoms with Crippen molar-refractivity contribution in [2.24, 2.45) is 0 Å². The van der Waals surface area contributed by atoms with Crippen LogP contribution in [-0.2, 0) is 0 Å². The maximum Gasteiger partial charge on any atom is 0.261 e. The highest BCUT2D eigenvalue weighted by Crippen LogP contribution is 2.30. The highest BCUT2D eigenvalue weighted by atomic mass is 79.9. The van der Waals surface area contributed by atoms with Crippen LogP contribution in [0.1, 0.15) is 15.9 Å². The van der Waals surface area contributed by atoms with Crippen LogP contribution in [0.25, 0.3) is 0 Å². The zero-order chi connectivity index (χ0) is 17.9. The smallest absolute Gasteiger partial charge is 0.261 e. The van der Waals surface area contributed by atoms with Gasteiger partial charge in [-0.25, -0.2) is 0 Å². The molecule has 0 aliphatic rings. The molecule has 0 atom stereocenters. The maximum atomic E-state index is 12.5. The Labute approximate surface area is 163 Å². The maximum absolute atomic E-state index is 12.5. The number of hydrogen-bond acceptors (Lipinski definition) is 3. The Morgan fingerprint density at radius 3 is 2.67 bits per heavy atom. The fourth-order valence-electron chi connectivity index (χ4n) is 2.09. The number of amides is 1. The topological polar surface area (TPSA) is 50.4 Å². The number of methoxy groups -OCH3 is 1. The standard InChI is InChI=1S/C16H13BrCl2N2O2S/c1-8-6-9(17)7-10(14(8)23-2)15(22)21-16(24)20-12-5-3-4-11(18)13(12)19/h3-7H,1-2H3,(H2,20,21,22,24). The van der Waals surface area contributed by atoms with Gasteiger partial charge in [0, 0.05) is 4.47 Å². The van der Waals surface area contributed by atoms with E-state index in [9.17, 15) is 4.79 Å². The molecule has 0 unspecified atom stereocenters. The molecule has 0 bridgehead atoms. The first-order chi connectivity index (χ1) is 11.3.